The fourth-order valence-electron chi connectivity index (χ4n) is 3.90. The van der Waals surface area contributed by atoms with Crippen molar-refractivity contribution in [2.45, 2.75) is 19.4 Å². The molecule has 4 rings (SSSR count). The van der Waals surface area contributed by atoms with Gasteiger partial charge in [-0.15, -0.1) is 0 Å². The Kier molecular flexibility index (Phi) is 6.36. The van der Waals surface area contributed by atoms with E-state index in [1.807, 2.05) is 6.92 Å². The van der Waals surface area contributed by atoms with E-state index in [4.69, 9.17) is 23.2 Å². The summed E-state index contributed by atoms with van der Waals surface area (Å²) in [6.07, 6.45) is 3.50. The number of piperazine rings is 1. The number of nitrogens with zero attached hydrogens (tertiary/aromatic N) is 4. The number of nitrogens with one attached hydrogen (secondary N) is 1. The van der Waals surface area contributed by atoms with Crippen molar-refractivity contribution >= 4 is 40.4 Å². The molecule has 3 heterocycles. The third-order valence-corrected chi connectivity index (χ3v) is 6.03. The molecule has 1 amide bonds. The first-order valence-electron chi connectivity index (χ1n) is 10.1. The molecule has 1 aliphatic rings. The second-order valence-electron chi connectivity index (χ2n) is 7.93. The summed E-state index contributed by atoms with van der Waals surface area (Å²) in [4.78, 5) is 21.6. The molecule has 0 saturated carbocycles. The summed E-state index contributed by atoms with van der Waals surface area (Å²) < 4.78 is 15.7. The molecule has 0 bridgehead atoms. The van der Waals surface area contributed by atoms with E-state index >= 15 is 0 Å². The van der Waals surface area contributed by atoms with Crippen molar-refractivity contribution in [1.29, 1.82) is 0 Å². The summed E-state index contributed by atoms with van der Waals surface area (Å²) >= 11 is 12.2. The molecule has 1 aliphatic heterocycles. The lowest BCUT2D eigenvalue weighted by Gasteiger charge is -2.36. The summed E-state index contributed by atoms with van der Waals surface area (Å²) in [7, 11) is 2.09. The number of pyridine rings is 1. The van der Waals surface area contributed by atoms with Gasteiger partial charge in [0.05, 0.1) is 28.2 Å². The van der Waals surface area contributed by atoms with Gasteiger partial charge in [-0.25, -0.2) is 9.37 Å². The monoisotopic (exact) mass is 463 g/mol. The van der Waals surface area contributed by atoms with Crippen LogP contribution >= 0.6 is 23.2 Å². The standard InChI is InChI=1S/C22H24Cl2FN5O/c1-14(18-10-16(25)3-4-20(18)29-7-5-28(2)6-8-29)26-21(31)11-17-13-30-12-15(23)9-19(24)22(30)27-17/h3-4,9-10,12-14H,5-8,11H2,1-2H3,(H,26,31). The Morgan fingerprint density at radius 1 is 1.19 bits per heavy atom. The molecule has 0 radical (unpaired) electrons. The molecule has 31 heavy (non-hydrogen) atoms. The minimum Gasteiger partial charge on any atom is -0.369 e. The van der Waals surface area contributed by atoms with Gasteiger partial charge in [-0.1, -0.05) is 23.2 Å². The zero-order valence-electron chi connectivity index (χ0n) is 17.4. The SMILES string of the molecule is CC(NC(=O)Cc1cn2cc(Cl)cc(Cl)c2n1)c1cc(F)ccc1N1CCN(C)CC1. The van der Waals surface area contributed by atoms with Crippen LogP contribution in [0.25, 0.3) is 5.65 Å². The topological polar surface area (TPSA) is 52.9 Å². The molecule has 164 valence electrons. The second-order valence-corrected chi connectivity index (χ2v) is 8.77. The summed E-state index contributed by atoms with van der Waals surface area (Å²) in [5.41, 5.74) is 2.84. The van der Waals surface area contributed by atoms with E-state index in [1.54, 1.807) is 28.9 Å². The maximum absolute atomic E-state index is 14.0. The van der Waals surface area contributed by atoms with Crippen LogP contribution in [0, 0.1) is 5.82 Å². The van der Waals surface area contributed by atoms with Gasteiger partial charge in [-0.3, -0.25) is 4.79 Å². The lowest BCUT2D eigenvalue weighted by Crippen LogP contribution is -2.45. The van der Waals surface area contributed by atoms with Gasteiger partial charge < -0.3 is 19.5 Å². The predicted octanol–water partition coefficient (Wildman–Crippen LogP) is 3.95. The molecule has 1 saturated heterocycles. The van der Waals surface area contributed by atoms with Crippen LogP contribution in [0.3, 0.4) is 0 Å². The Balaban J connectivity index is 1.49. The highest BCUT2D eigenvalue weighted by Gasteiger charge is 2.21. The number of imidazole rings is 1. The van der Waals surface area contributed by atoms with Crippen LogP contribution < -0.4 is 10.2 Å². The number of fused-ring (bicyclic) bond motifs is 1. The van der Waals surface area contributed by atoms with Crippen molar-refractivity contribution in [2.24, 2.45) is 0 Å². The van der Waals surface area contributed by atoms with Gasteiger partial charge in [0.25, 0.3) is 0 Å². The van der Waals surface area contributed by atoms with E-state index in [-0.39, 0.29) is 24.2 Å². The number of halogens is 3. The van der Waals surface area contributed by atoms with E-state index in [0.717, 1.165) is 37.4 Å². The van der Waals surface area contributed by atoms with Crippen LogP contribution in [0.2, 0.25) is 10.0 Å². The average Bonchev–Trinajstić information content (AvgIpc) is 3.11. The number of amides is 1. The van der Waals surface area contributed by atoms with Crippen molar-refractivity contribution < 1.29 is 9.18 Å². The summed E-state index contributed by atoms with van der Waals surface area (Å²) in [5.74, 6) is -0.521. The molecule has 0 aliphatic carbocycles. The van der Waals surface area contributed by atoms with Crippen molar-refractivity contribution in [3.8, 4) is 0 Å². The van der Waals surface area contributed by atoms with Gasteiger partial charge in [-0.2, -0.15) is 0 Å². The number of hydrogen-bond acceptors (Lipinski definition) is 4. The molecule has 3 aromatic rings. The van der Waals surface area contributed by atoms with Crippen molar-refractivity contribution in [3.63, 3.8) is 0 Å². The molecule has 1 aromatic carbocycles. The smallest absolute Gasteiger partial charge is 0.226 e. The molecule has 1 atom stereocenters. The Morgan fingerprint density at radius 2 is 1.94 bits per heavy atom. The lowest BCUT2D eigenvalue weighted by molar-refractivity contribution is -0.121. The van der Waals surface area contributed by atoms with E-state index in [9.17, 15) is 9.18 Å². The number of hydrogen-bond donors (Lipinski definition) is 1. The summed E-state index contributed by atoms with van der Waals surface area (Å²) in [6, 6.07) is 6.03. The van der Waals surface area contributed by atoms with E-state index < -0.39 is 0 Å². The normalized spacial score (nSPS) is 16.0. The fourth-order valence-corrected chi connectivity index (χ4v) is 4.43. The van der Waals surface area contributed by atoms with Crippen LogP contribution in [0.1, 0.15) is 24.2 Å². The highest BCUT2D eigenvalue weighted by Crippen LogP contribution is 2.28. The minimum atomic E-state index is -0.354. The molecule has 1 fully saturated rings. The number of benzene rings is 1. The van der Waals surface area contributed by atoms with Crippen LogP contribution in [-0.4, -0.2) is 53.4 Å². The molecular formula is C22H24Cl2FN5O. The number of carbonyl (C=O) groups excluding carboxylic acids is 1. The fraction of sp³-hybridized carbons (Fsp3) is 0.364. The maximum atomic E-state index is 14.0. The Bertz CT molecular complexity index is 1110. The quantitative estimate of drug-likeness (QED) is 0.622. The van der Waals surface area contributed by atoms with E-state index in [1.165, 1.54) is 12.1 Å². The van der Waals surface area contributed by atoms with Crippen LogP contribution in [0.5, 0.6) is 0 Å². The number of anilines is 1. The highest BCUT2D eigenvalue weighted by molar-refractivity contribution is 6.36. The molecule has 1 N–H and O–H groups in total. The van der Waals surface area contributed by atoms with E-state index in [0.29, 0.717) is 21.4 Å². The third-order valence-electron chi connectivity index (χ3n) is 5.54. The zero-order valence-corrected chi connectivity index (χ0v) is 18.9. The second kappa shape index (κ2) is 9.02. The number of rotatable bonds is 5. The van der Waals surface area contributed by atoms with Crippen LogP contribution in [-0.2, 0) is 11.2 Å². The molecule has 9 heteroatoms. The minimum absolute atomic E-state index is 0.0825. The lowest BCUT2D eigenvalue weighted by atomic mass is 10.0. The Morgan fingerprint density at radius 3 is 2.68 bits per heavy atom. The average molecular weight is 464 g/mol. The number of carbonyl (C=O) groups is 1. The number of aromatic nitrogens is 2. The van der Waals surface area contributed by atoms with Gasteiger partial charge in [0.1, 0.15) is 5.82 Å². The maximum Gasteiger partial charge on any atom is 0.226 e. The third kappa shape index (κ3) is 4.95. The van der Waals surface area contributed by atoms with Crippen LogP contribution in [0.15, 0.2) is 36.7 Å². The van der Waals surface area contributed by atoms with E-state index in [2.05, 4.69) is 27.1 Å². The first kappa shape index (κ1) is 21.9. The first-order chi connectivity index (χ1) is 14.8. The van der Waals surface area contributed by atoms with Crippen molar-refractivity contribution in [1.82, 2.24) is 19.6 Å². The molecule has 0 spiro atoms. The number of likely N-dealkylation sites (N-methyl/N-ethyl adjacent to an activating group) is 1. The van der Waals surface area contributed by atoms with Gasteiger partial charge in [0.2, 0.25) is 5.91 Å². The predicted molar refractivity (Wildman–Crippen MR) is 122 cm³/mol. The molecule has 6 nitrogen and oxygen atoms in total. The zero-order chi connectivity index (χ0) is 22.1. The summed E-state index contributed by atoms with van der Waals surface area (Å²) in [5, 5.41) is 3.89. The van der Waals surface area contributed by atoms with Crippen molar-refractivity contribution in [2.75, 3.05) is 38.1 Å². The van der Waals surface area contributed by atoms with Gasteiger partial charge >= 0.3 is 0 Å². The Hall–Kier alpha value is -2.35. The van der Waals surface area contributed by atoms with Gasteiger partial charge in [0, 0.05) is 49.8 Å². The molecular weight excluding hydrogens is 440 g/mol. The summed E-state index contributed by atoms with van der Waals surface area (Å²) in [6.45, 7) is 5.48. The van der Waals surface area contributed by atoms with Gasteiger partial charge in [0.15, 0.2) is 5.65 Å². The largest absolute Gasteiger partial charge is 0.369 e. The van der Waals surface area contributed by atoms with Gasteiger partial charge in [-0.05, 0) is 38.2 Å². The molecule has 1 unspecified atom stereocenters. The van der Waals surface area contributed by atoms with Crippen LogP contribution in [0.4, 0.5) is 10.1 Å². The Labute approximate surface area is 190 Å². The highest BCUT2D eigenvalue weighted by atomic mass is 35.5. The first-order valence-corrected chi connectivity index (χ1v) is 10.9. The van der Waals surface area contributed by atoms with Crippen molar-refractivity contribution in [3.05, 3.63) is 63.8 Å². The molecule has 2 aromatic heterocycles.